The number of amides is 1. The van der Waals surface area contributed by atoms with Gasteiger partial charge in [-0.1, -0.05) is 6.42 Å². The van der Waals surface area contributed by atoms with Gasteiger partial charge in [0.25, 0.3) is 0 Å². The SMILES string of the molecule is CC1CN(c2ccc(NC(=O)C3CCC3)cc2F)CC(C)O1. The fourth-order valence-electron chi connectivity index (χ4n) is 3.13. The first kappa shape index (κ1) is 15.3. The number of halogens is 1. The highest BCUT2D eigenvalue weighted by Gasteiger charge is 2.26. The minimum absolute atomic E-state index is 0.00650. The van der Waals surface area contributed by atoms with Crippen LogP contribution in [0.2, 0.25) is 0 Å². The lowest BCUT2D eigenvalue weighted by atomic mass is 9.85. The Morgan fingerprint density at radius 3 is 2.50 bits per heavy atom. The van der Waals surface area contributed by atoms with E-state index in [9.17, 15) is 9.18 Å². The molecule has 2 fully saturated rings. The molecule has 0 aromatic heterocycles. The van der Waals surface area contributed by atoms with Gasteiger partial charge in [-0.25, -0.2) is 4.39 Å². The zero-order chi connectivity index (χ0) is 15.7. The molecule has 1 saturated carbocycles. The summed E-state index contributed by atoms with van der Waals surface area (Å²) in [5.41, 5.74) is 1.11. The van der Waals surface area contributed by atoms with E-state index in [0.29, 0.717) is 24.5 Å². The van der Waals surface area contributed by atoms with E-state index in [4.69, 9.17) is 4.74 Å². The Balaban J connectivity index is 1.70. The van der Waals surface area contributed by atoms with Crippen LogP contribution in [0.3, 0.4) is 0 Å². The van der Waals surface area contributed by atoms with Gasteiger partial charge in [0, 0.05) is 24.7 Å². The summed E-state index contributed by atoms with van der Waals surface area (Å²) < 4.78 is 20.1. The maximum Gasteiger partial charge on any atom is 0.227 e. The molecule has 1 N–H and O–H groups in total. The van der Waals surface area contributed by atoms with Gasteiger partial charge in [-0.05, 0) is 44.9 Å². The molecule has 0 radical (unpaired) electrons. The first-order valence-electron chi connectivity index (χ1n) is 8.03. The van der Waals surface area contributed by atoms with Crippen LogP contribution in [0.25, 0.3) is 0 Å². The van der Waals surface area contributed by atoms with Crippen LogP contribution in [-0.4, -0.2) is 31.2 Å². The molecule has 2 unspecified atom stereocenters. The van der Waals surface area contributed by atoms with Crippen molar-refractivity contribution in [3.05, 3.63) is 24.0 Å². The van der Waals surface area contributed by atoms with Gasteiger partial charge in [-0.2, -0.15) is 0 Å². The quantitative estimate of drug-likeness (QED) is 0.932. The molecule has 1 saturated heterocycles. The van der Waals surface area contributed by atoms with Gasteiger partial charge in [-0.3, -0.25) is 4.79 Å². The van der Waals surface area contributed by atoms with Crippen LogP contribution in [0.4, 0.5) is 15.8 Å². The van der Waals surface area contributed by atoms with Gasteiger partial charge in [0.15, 0.2) is 0 Å². The van der Waals surface area contributed by atoms with Gasteiger partial charge < -0.3 is 15.0 Å². The van der Waals surface area contributed by atoms with Crippen molar-refractivity contribution in [3.8, 4) is 0 Å². The third-order valence-electron chi connectivity index (χ3n) is 4.45. The van der Waals surface area contributed by atoms with Crippen LogP contribution in [0, 0.1) is 11.7 Å². The van der Waals surface area contributed by atoms with Crippen molar-refractivity contribution in [1.82, 2.24) is 0 Å². The Bertz CT molecular complexity index is 550. The standard InChI is InChI=1S/C17H23FN2O2/c1-11-9-20(10-12(2)22-11)16-7-6-14(8-15(16)18)19-17(21)13-4-3-5-13/h6-8,11-13H,3-5,9-10H2,1-2H3,(H,19,21). The third-order valence-corrected chi connectivity index (χ3v) is 4.45. The lowest BCUT2D eigenvalue weighted by Gasteiger charge is -2.37. The minimum Gasteiger partial charge on any atom is -0.372 e. The summed E-state index contributed by atoms with van der Waals surface area (Å²) in [4.78, 5) is 13.9. The molecule has 1 aliphatic carbocycles. The zero-order valence-corrected chi connectivity index (χ0v) is 13.1. The molecule has 1 heterocycles. The molecule has 1 aromatic carbocycles. The molecule has 0 bridgehead atoms. The molecular formula is C17H23FN2O2. The van der Waals surface area contributed by atoms with E-state index in [1.54, 1.807) is 12.1 Å². The van der Waals surface area contributed by atoms with Gasteiger partial charge in [0.05, 0.1) is 17.9 Å². The molecular weight excluding hydrogens is 283 g/mol. The number of morpholine rings is 1. The molecule has 2 aliphatic rings. The van der Waals surface area contributed by atoms with Crippen molar-refractivity contribution in [2.45, 2.75) is 45.3 Å². The fraction of sp³-hybridized carbons (Fsp3) is 0.588. The van der Waals surface area contributed by atoms with Crippen LogP contribution < -0.4 is 10.2 Å². The Hall–Kier alpha value is -1.62. The molecule has 0 spiro atoms. The number of carbonyl (C=O) groups excluding carboxylic acids is 1. The highest BCUT2D eigenvalue weighted by Crippen LogP contribution is 2.29. The average molecular weight is 306 g/mol. The van der Waals surface area contributed by atoms with Crippen molar-refractivity contribution >= 4 is 17.3 Å². The van der Waals surface area contributed by atoms with Crippen molar-refractivity contribution in [2.24, 2.45) is 5.92 Å². The normalized spacial score (nSPS) is 25.7. The first-order chi connectivity index (χ1) is 10.5. The van der Waals surface area contributed by atoms with Gasteiger partial charge in [0.1, 0.15) is 5.82 Å². The molecule has 120 valence electrons. The van der Waals surface area contributed by atoms with Gasteiger partial charge >= 0.3 is 0 Å². The Kier molecular flexibility index (Phi) is 4.34. The molecule has 1 aromatic rings. The second kappa shape index (κ2) is 6.24. The molecule has 1 amide bonds. The number of ether oxygens (including phenoxy) is 1. The lowest BCUT2D eigenvalue weighted by molar-refractivity contribution is -0.122. The van der Waals surface area contributed by atoms with Crippen molar-refractivity contribution in [3.63, 3.8) is 0 Å². The predicted molar refractivity (Wildman–Crippen MR) is 84.6 cm³/mol. The summed E-state index contributed by atoms with van der Waals surface area (Å²) in [5.74, 6) is -0.191. The van der Waals surface area contributed by atoms with Crippen LogP contribution in [0.15, 0.2) is 18.2 Å². The van der Waals surface area contributed by atoms with E-state index in [1.807, 2.05) is 18.7 Å². The van der Waals surface area contributed by atoms with Crippen molar-refractivity contribution in [1.29, 1.82) is 0 Å². The number of rotatable bonds is 3. The fourth-order valence-corrected chi connectivity index (χ4v) is 3.13. The van der Waals surface area contributed by atoms with Crippen LogP contribution in [-0.2, 0) is 9.53 Å². The maximum atomic E-state index is 14.4. The van der Waals surface area contributed by atoms with E-state index in [1.165, 1.54) is 6.07 Å². The number of benzene rings is 1. The molecule has 3 rings (SSSR count). The number of nitrogens with zero attached hydrogens (tertiary/aromatic N) is 1. The first-order valence-corrected chi connectivity index (χ1v) is 8.03. The molecule has 2 atom stereocenters. The topological polar surface area (TPSA) is 41.6 Å². The summed E-state index contributed by atoms with van der Waals surface area (Å²) in [6, 6.07) is 4.94. The van der Waals surface area contributed by atoms with E-state index in [-0.39, 0.29) is 29.9 Å². The summed E-state index contributed by atoms with van der Waals surface area (Å²) in [7, 11) is 0. The second-order valence-electron chi connectivity index (χ2n) is 6.45. The highest BCUT2D eigenvalue weighted by molar-refractivity contribution is 5.93. The maximum absolute atomic E-state index is 14.4. The Labute approximate surface area is 130 Å². The van der Waals surface area contributed by atoms with E-state index in [0.717, 1.165) is 19.3 Å². The summed E-state index contributed by atoms with van der Waals surface area (Å²) in [6.07, 6.45) is 3.16. The molecule has 4 nitrogen and oxygen atoms in total. The number of carbonyl (C=O) groups is 1. The summed E-state index contributed by atoms with van der Waals surface area (Å²) in [6.45, 7) is 5.34. The highest BCUT2D eigenvalue weighted by atomic mass is 19.1. The average Bonchev–Trinajstić information content (AvgIpc) is 2.35. The number of nitrogens with one attached hydrogen (secondary N) is 1. The summed E-state index contributed by atoms with van der Waals surface area (Å²) in [5, 5.41) is 2.81. The largest absolute Gasteiger partial charge is 0.372 e. The van der Waals surface area contributed by atoms with Crippen molar-refractivity contribution in [2.75, 3.05) is 23.3 Å². The number of anilines is 2. The number of hydrogen-bond acceptors (Lipinski definition) is 3. The Morgan fingerprint density at radius 2 is 1.95 bits per heavy atom. The minimum atomic E-state index is -0.298. The second-order valence-corrected chi connectivity index (χ2v) is 6.45. The van der Waals surface area contributed by atoms with E-state index in [2.05, 4.69) is 5.32 Å². The molecule has 1 aliphatic heterocycles. The predicted octanol–water partition coefficient (Wildman–Crippen LogP) is 3.18. The van der Waals surface area contributed by atoms with Gasteiger partial charge in [-0.15, -0.1) is 0 Å². The zero-order valence-electron chi connectivity index (χ0n) is 13.1. The molecule has 5 heteroatoms. The van der Waals surface area contributed by atoms with E-state index < -0.39 is 0 Å². The third kappa shape index (κ3) is 3.24. The van der Waals surface area contributed by atoms with Crippen LogP contribution >= 0.6 is 0 Å². The summed E-state index contributed by atoms with van der Waals surface area (Å²) >= 11 is 0. The lowest BCUT2D eigenvalue weighted by Crippen LogP contribution is -2.45. The van der Waals surface area contributed by atoms with Gasteiger partial charge in [0.2, 0.25) is 5.91 Å². The smallest absolute Gasteiger partial charge is 0.227 e. The van der Waals surface area contributed by atoms with Crippen LogP contribution in [0.5, 0.6) is 0 Å². The van der Waals surface area contributed by atoms with E-state index >= 15 is 0 Å². The van der Waals surface area contributed by atoms with Crippen molar-refractivity contribution < 1.29 is 13.9 Å². The molecule has 22 heavy (non-hydrogen) atoms. The number of hydrogen-bond donors (Lipinski definition) is 1. The van der Waals surface area contributed by atoms with Crippen LogP contribution in [0.1, 0.15) is 33.1 Å². The Morgan fingerprint density at radius 1 is 1.27 bits per heavy atom. The monoisotopic (exact) mass is 306 g/mol.